The van der Waals surface area contributed by atoms with Crippen LogP contribution >= 0.6 is 0 Å². The van der Waals surface area contributed by atoms with Gasteiger partial charge in [-0.1, -0.05) is 0 Å². The molecule has 1 aliphatic heterocycles. The van der Waals surface area contributed by atoms with Gasteiger partial charge in [0.2, 0.25) is 5.91 Å². The third kappa shape index (κ3) is 2.10. The molecule has 2 unspecified atom stereocenters. The van der Waals surface area contributed by atoms with Crippen molar-refractivity contribution in [3.8, 4) is 0 Å². The molecule has 0 bridgehead atoms. The van der Waals surface area contributed by atoms with Crippen LogP contribution in [0.2, 0.25) is 0 Å². The van der Waals surface area contributed by atoms with Gasteiger partial charge in [-0.3, -0.25) is 4.79 Å². The van der Waals surface area contributed by atoms with Crippen LogP contribution in [0.4, 0.5) is 0 Å². The number of amides is 1. The van der Waals surface area contributed by atoms with Crippen molar-refractivity contribution in [1.82, 2.24) is 10.2 Å². The molecule has 3 nitrogen and oxygen atoms in total. The Morgan fingerprint density at radius 1 is 1.18 bits per heavy atom. The fraction of sp³-hybridized carbons (Fsp3) is 0.929. The fourth-order valence-corrected chi connectivity index (χ4v) is 3.65. The number of likely N-dealkylation sites (tertiary alicyclic amines) is 1. The molecule has 1 N–H and O–H groups in total. The van der Waals surface area contributed by atoms with Crippen LogP contribution in [0.25, 0.3) is 0 Å². The summed E-state index contributed by atoms with van der Waals surface area (Å²) >= 11 is 0. The first-order valence-corrected chi connectivity index (χ1v) is 7.09. The molecule has 0 aromatic rings. The minimum absolute atomic E-state index is 0.245. The van der Waals surface area contributed by atoms with Gasteiger partial charge >= 0.3 is 0 Å². The number of fused-ring (bicyclic) bond motifs is 1. The summed E-state index contributed by atoms with van der Waals surface area (Å²) in [6, 6.07) is 0. The van der Waals surface area contributed by atoms with E-state index in [2.05, 4.69) is 17.1 Å². The summed E-state index contributed by atoms with van der Waals surface area (Å²) in [5, 5.41) is 3.39. The van der Waals surface area contributed by atoms with Gasteiger partial charge in [-0.25, -0.2) is 0 Å². The Morgan fingerprint density at radius 2 is 1.76 bits per heavy atom. The van der Waals surface area contributed by atoms with E-state index in [1.165, 1.54) is 19.3 Å². The SMILES string of the molecule is CNC1(C)CCN(C(=O)C2CC3CC3C2)CC1. The van der Waals surface area contributed by atoms with Crippen LogP contribution in [0, 0.1) is 17.8 Å². The van der Waals surface area contributed by atoms with E-state index in [4.69, 9.17) is 0 Å². The molecule has 0 aromatic carbocycles. The first-order valence-electron chi connectivity index (χ1n) is 7.09. The number of rotatable bonds is 2. The summed E-state index contributed by atoms with van der Waals surface area (Å²) < 4.78 is 0. The van der Waals surface area contributed by atoms with Crippen molar-refractivity contribution < 1.29 is 4.79 Å². The Kier molecular flexibility index (Phi) is 2.69. The second-order valence-corrected chi connectivity index (χ2v) is 6.56. The minimum atomic E-state index is 0.245. The van der Waals surface area contributed by atoms with Crippen molar-refractivity contribution in [2.45, 2.75) is 44.6 Å². The second-order valence-electron chi connectivity index (χ2n) is 6.56. The molecule has 3 rings (SSSR count). The first kappa shape index (κ1) is 11.5. The van der Waals surface area contributed by atoms with E-state index in [0.717, 1.165) is 37.8 Å². The molecule has 3 fully saturated rings. The number of hydrogen-bond donors (Lipinski definition) is 1. The Balaban J connectivity index is 1.54. The van der Waals surface area contributed by atoms with Gasteiger partial charge in [-0.05, 0) is 57.9 Å². The third-order valence-corrected chi connectivity index (χ3v) is 5.38. The number of hydrogen-bond acceptors (Lipinski definition) is 2. The molecule has 3 heteroatoms. The predicted octanol–water partition coefficient (Wildman–Crippen LogP) is 1.63. The fourth-order valence-electron chi connectivity index (χ4n) is 3.65. The van der Waals surface area contributed by atoms with E-state index < -0.39 is 0 Å². The van der Waals surface area contributed by atoms with Crippen molar-refractivity contribution in [3.05, 3.63) is 0 Å². The standard InChI is InChI=1S/C14H24N2O/c1-14(15-2)3-5-16(6-4-14)13(17)12-8-10-7-11(10)9-12/h10-12,15H,3-9H2,1-2H3. The maximum absolute atomic E-state index is 12.4. The number of carbonyl (C=O) groups is 1. The third-order valence-electron chi connectivity index (χ3n) is 5.38. The largest absolute Gasteiger partial charge is 0.342 e. The maximum atomic E-state index is 12.4. The lowest BCUT2D eigenvalue weighted by Gasteiger charge is -2.40. The van der Waals surface area contributed by atoms with Crippen molar-refractivity contribution in [3.63, 3.8) is 0 Å². The Morgan fingerprint density at radius 3 is 2.29 bits per heavy atom. The highest BCUT2D eigenvalue weighted by Gasteiger charge is 2.49. The molecule has 96 valence electrons. The summed E-state index contributed by atoms with van der Waals surface area (Å²) in [6.45, 7) is 4.16. The summed E-state index contributed by atoms with van der Waals surface area (Å²) in [6.07, 6.45) is 5.96. The van der Waals surface area contributed by atoms with Crippen LogP contribution in [0.15, 0.2) is 0 Å². The van der Waals surface area contributed by atoms with Gasteiger partial charge in [0.25, 0.3) is 0 Å². The minimum Gasteiger partial charge on any atom is -0.342 e. The lowest BCUT2D eigenvalue weighted by molar-refractivity contribution is -0.137. The van der Waals surface area contributed by atoms with Crippen molar-refractivity contribution >= 4 is 5.91 Å². The zero-order chi connectivity index (χ0) is 12.0. The Labute approximate surface area is 104 Å². The molecule has 2 saturated carbocycles. The molecule has 2 aliphatic carbocycles. The average Bonchev–Trinajstić information content (AvgIpc) is 2.96. The van der Waals surface area contributed by atoms with E-state index >= 15 is 0 Å². The molecule has 3 aliphatic rings. The normalized spacial score (nSPS) is 38.9. The molecule has 2 atom stereocenters. The molecular formula is C14H24N2O. The summed E-state index contributed by atoms with van der Waals surface area (Å²) in [5.74, 6) is 2.65. The first-order chi connectivity index (χ1) is 8.11. The highest BCUT2D eigenvalue weighted by atomic mass is 16.2. The molecule has 17 heavy (non-hydrogen) atoms. The lowest BCUT2D eigenvalue weighted by atomic mass is 9.89. The molecule has 1 heterocycles. The van der Waals surface area contributed by atoms with Crippen LogP contribution in [0.5, 0.6) is 0 Å². The van der Waals surface area contributed by atoms with Crippen LogP contribution in [0.3, 0.4) is 0 Å². The number of carbonyl (C=O) groups excluding carboxylic acids is 1. The second kappa shape index (κ2) is 3.98. The van der Waals surface area contributed by atoms with E-state index in [-0.39, 0.29) is 5.54 Å². The summed E-state index contributed by atoms with van der Waals surface area (Å²) in [7, 11) is 2.03. The zero-order valence-corrected chi connectivity index (χ0v) is 11.0. The van der Waals surface area contributed by atoms with Crippen LogP contribution in [0.1, 0.15) is 39.0 Å². The lowest BCUT2D eigenvalue weighted by Crippen LogP contribution is -2.52. The molecule has 1 saturated heterocycles. The van der Waals surface area contributed by atoms with Crippen LogP contribution in [-0.2, 0) is 4.79 Å². The van der Waals surface area contributed by atoms with Gasteiger partial charge in [0.15, 0.2) is 0 Å². The highest BCUT2D eigenvalue weighted by Crippen LogP contribution is 2.54. The maximum Gasteiger partial charge on any atom is 0.225 e. The van der Waals surface area contributed by atoms with E-state index in [9.17, 15) is 4.79 Å². The van der Waals surface area contributed by atoms with E-state index in [1.54, 1.807) is 0 Å². The zero-order valence-electron chi connectivity index (χ0n) is 11.0. The molecule has 0 radical (unpaired) electrons. The summed E-state index contributed by atoms with van der Waals surface area (Å²) in [4.78, 5) is 14.5. The number of nitrogens with zero attached hydrogens (tertiary/aromatic N) is 1. The van der Waals surface area contributed by atoms with Crippen LogP contribution in [-0.4, -0.2) is 36.5 Å². The predicted molar refractivity (Wildman–Crippen MR) is 67.6 cm³/mol. The summed E-state index contributed by atoms with van der Waals surface area (Å²) in [5.41, 5.74) is 0.245. The van der Waals surface area contributed by atoms with Gasteiger partial charge in [0.05, 0.1) is 0 Å². The number of nitrogens with one attached hydrogen (secondary N) is 1. The topological polar surface area (TPSA) is 32.3 Å². The molecule has 0 spiro atoms. The average molecular weight is 236 g/mol. The van der Waals surface area contributed by atoms with Gasteiger partial charge in [0, 0.05) is 24.5 Å². The smallest absolute Gasteiger partial charge is 0.225 e. The van der Waals surface area contributed by atoms with Crippen molar-refractivity contribution in [2.24, 2.45) is 17.8 Å². The quantitative estimate of drug-likeness (QED) is 0.790. The molecule has 1 amide bonds. The van der Waals surface area contributed by atoms with E-state index in [0.29, 0.717) is 11.8 Å². The van der Waals surface area contributed by atoms with Gasteiger partial charge in [-0.15, -0.1) is 0 Å². The Bertz CT molecular complexity index is 310. The van der Waals surface area contributed by atoms with Crippen molar-refractivity contribution in [1.29, 1.82) is 0 Å². The Hall–Kier alpha value is -0.570. The van der Waals surface area contributed by atoms with Crippen LogP contribution < -0.4 is 5.32 Å². The van der Waals surface area contributed by atoms with Crippen molar-refractivity contribution in [2.75, 3.05) is 20.1 Å². The van der Waals surface area contributed by atoms with Gasteiger partial charge in [-0.2, -0.15) is 0 Å². The van der Waals surface area contributed by atoms with E-state index in [1.807, 2.05) is 7.05 Å². The molecule has 0 aromatic heterocycles. The monoisotopic (exact) mass is 236 g/mol. The number of piperidine rings is 1. The highest BCUT2D eigenvalue weighted by molar-refractivity contribution is 5.79. The van der Waals surface area contributed by atoms with Gasteiger partial charge in [0.1, 0.15) is 0 Å². The van der Waals surface area contributed by atoms with Gasteiger partial charge < -0.3 is 10.2 Å². The molecular weight excluding hydrogens is 212 g/mol.